The Morgan fingerprint density at radius 2 is 1.72 bits per heavy atom. The van der Waals surface area contributed by atoms with Crippen molar-refractivity contribution in [3.63, 3.8) is 0 Å². The highest BCUT2D eigenvalue weighted by atomic mass is 32.2. The number of rotatable bonds is 7. The molecule has 0 fully saturated rings. The molecule has 2 N–H and O–H groups in total. The van der Waals surface area contributed by atoms with E-state index in [1.54, 1.807) is 31.2 Å². The van der Waals surface area contributed by atoms with E-state index in [2.05, 4.69) is 10.0 Å². The van der Waals surface area contributed by atoms with Gasteiger partial charge < -0.3 is 5.32 Å². The maximum absolute atomic E-state index is 12.1. The molecule has 0 unspecified atom stereocenters. The minimum Gasteiger partial charge on any atom is -0.326 e. The minimum atomic E-state index is -3.44. The van der Waals surface area contributed by atoms with Crippen molar-refractivity contribution in [2.24, 2.45) is 0 Å². The van der Waals surface area contributed by atoms with Crippen molar-refractivity contribution in [3.05, 3.63) is 59.2 Å². The van der Waals surface area contributed by atoms with E-state index in [1.165, 1.54) is 0 Å². The molecule has 6 heteroatoms. The standard InChI is InChI=1S/C19H24N2O3S/c1-4-20-25(23,24)17-10-7-16(8-11-17)9-12-19(22)21-18-13-14(2)5-6-15(18)3/h5-8,10-11,13,20H,4,9,12H2,1-3H3,(H,21,22). The van der Waals surface area contributed by atoms with Crippen LogP contribution in [0.15, 0.2) is 47.4 Å². The van der Waals surface area contributed by atoms with E-state index in [1.807, 2.05) is 32.0 Å². The maximum Gasteiger partial charge on any atom is 0.240 e. The fraction of sp³-hybridized carbons (Fsp3) is 0.316. The Hall–Kier alpha value is -2.18. The van der Waals surface area contributed by atoms with Gasteiger partial charge in [0.05, 0.1) is 4.90 Å². The van der Waals surface area contributed by atoms with Crippen molar-refractivity contribution in [3.8, 4) is 0 Å². The smallest absolute Gasteiger partial charge is 0.240 e. The predicted molar refractivity (Wildman–Crippen MR) is 100 cm³/mol. The lowest BCUT2D eigenvalue weighted by Crippen LogP contribution is -2.23. The van der Waals surface area contributed by atoms with Crippen LogP contribution < -0.4 is 10.0 Å². The van der Waals surface area contributed by atoms with Crippen LogP contribution >= 0.6 is 0 Å². The van der Waals surface area contributed by atoms with Crippen LogP contribution in [-0.4, -0.2) is 20.9 Å². The SMILES string of the molecule is CCNS(=O)(=O)c1ccc(CCC(=O)Nc2cc(C)ccc2C)cc1. The Morgan fingerprint density at radius 3 is 2.36 bits per heavy atom. The number of amides is 1. The summed E-state index contributed by atoms with van der Waals surface area (Å²) >= 11 is 0. The normalized spacial score (nSPS) is 11.3. The molecule has 0 aliphatic heterocycles. The second-order valence-electron chi connectivity index (χ2n) is 6.01. The highest BCUT2D eigenvalue weighted by molar-refractivity contribution is 7.89. The maximum atomic E-state index is 12.1. The summed E-state index contributed by atoms with van der Waals surface area (Å²) in [5.41, 5.74) is 3.87. The fourth-order valence-electron chi connectivity index (χ4n) is 2.45. The fourth-order valence-corrected chi connectivity index (χ4v) is 3.49. The zero-order valence-corrected chi connectivity index (χ0v) is 15.6. The summed E-state index contributed by atoms with van der Waals surface area (Å²) in [6.07, 6.45) is 0.894. The molecular formula is C19H24N2O3S. The monoisotopic (exact) mass is 360 g/mol. The van der Waals surface area contributed by atoms with Crippen molar-refractivity contribution in [1.29, 1.82) is 0 Å². The van der Waals surface area contributed by atoms with Gasteiger partial charge in [0.2, 0.25) is 15.9 Å². The number of anilines is 1. The average molecular weight is 360 g/mol. The highest BCUT2D eigenvalue weighted by Gasteiger charge is 2.12. The third kappa shape index (κ3) is 5.41. The van der Waals surface area contributed by atoms with E-state index in [4.69, 9.17) is 0 Å². The first kappa shape index (κ1) is 19.1. The second-order valence-corrected chi connectivity index (χ2v) is 7.78. The summed E-state index contributed by atoms with van der Waals surface area (Å²) in [5.74, 6) is -0.0574. The molecule has 0 heterocycles. The average Bonchev–Trinajstić information content (AvgIpc) is 2.57. The molecule has 2 rings (SSSR count). The molecule has 1 amide bonds. The lowest BCUT2D eigenvalue weighted by Gasteiger charge is -2.10. The van der Waals surface area contributed by atoms with Crippen molar-refractivity contribution < 1.29 is 13.2 Å². The molecule has 25 heavy (non-hydrogen) atoms. The van der Waals surface area contributed by atoms with Gasteiger partial charge in [-0.15, -0.1) is 0 Å². The van der Waals surface area contributed by atoms with Crippen LogP contribution in [0.1, 0.15) is 30.0 Å². The van der Waals surface area contributed by atoms with E-state index in [-0.39, 0.29) is 10.8 Å². The quantitative estimate of drug-likeness (QED) is 0.796. The number of aryl methyl sites for hydroxylation is 3. The number of nitrogens with one attached hydrogen (secondary N) is 2. The van der Waals surface area contributed by atoms with Crippen molar-refractivity contribution in [1.82, 2.24) is 4.72 Å². The van der Waals surface area contributed by atoms with Gasteiger partial charge in [0.1, 0.15) is 0 Å². The first-order chi connectivity index (χ1) is 11.8. The van der Waals surface area contributed by atoms with Gasteiger partial charge in [-0.3, -0.25) is 4.79 Å². The van der Waals surface area contributed by atoms with Gasteiger partial charge in [0, 0.05) is 18.7 Å². The summed E-state index contributed by atoms with van der Waals surface area (Å²) in [7, 11) is -3.44. The molecule has 0 saturated carbocycles. The molecule has 0 aromatic heterocycles. The van der Waals surface area contributed by atoms with Crippen LogP contribution in [0.5, 0.6) is 0 Å². The highest BCUT2D eigenvalue weighted by Crippen LogP contribution is 2.17. The Labute approximate surface area is 149 Å². The first-order valence-corrected chi connectivity index (χ1v) is 9.76. The Morgan fingerprint density at radius 1 is 1.04 bits per heavy atom. The van der Waals surface area contributed by atoms with Crippen LogP contribution in [0.25, 0.3) is 0 Å². The first-order valence-electron chi connectivity index (χ1n) is 8.27. The Bertz CT molecular complexity index is 843. The second kappa shape index (κ2) is 8.27. The van der Waals surface area contributed by atoms with E-state index in [0.29, 0.717) is 19.4 Å². The van der Waals surface area contributed by atoms with Gasteiger partial charge in [-0.05, 0) is 55.2 Å². The zero-order chi connectivity index (χ0) is 18.4. The van der Waals surface area contributed by atoms with Gasteiger partial charge >= 0.3 is 0 Å². The third-order valence-corrected chi connectivity index (χ3v) is 5.44. The van der Waals surface area contributed by atoms with Crippen LogP contribution in [0.4, 0.5) is 5.69 Å². The van der Waals surface area contributed by atoms with E-state index < -0.39 is 10.0 Å². The lowest BCUT2D eigenvalue weighted by molar-refractivity contribution is -0.116. The van der Waals surface area contributed by atoms with Gasteiger partial charge in [-0.25, -0.2) is 13.1 Å². The zero-order valence-electron chi connectivity index (χ0n) is 14.8. The summed E-state index contributed by atoms with van der Waals surface area (Å²) in [5, 5.41) is 2.93. The molecule has 2 aromatic carbocycles. The number of carbonyl (C=O) groups excluding carboxylic acids is 1. The summed E-state index contributed by atoms with van der Waals surface area (Å²) in [4.78, 5) is 12.4. The van der Waals surface area contributed by atoms with Crippen molar-refractivity contribution in [2.45, 2.75) is 38.5 Å². The molecule has 0 aliphatic rings. The lowest BCUT2D eigenvalue weighted by atomic mass is 10.1. The molecule has 0 bridgehead atoms. The van der Waals surface area contributed by atoms with Gasteiger partial charge in [0.15, 0.2) is 0 Å². The third-order valence-electron chi connectivity index (χ3n) is 3.88. The topological polar surface area (TPSA) is 75.3 Å². The van der Waals surface area contributed by atoms with Crippen molar-refractivity contribution in [2.75, 3.05) is 11.9 Å². The largest absolute Gasteiger partial charge is 0.326 e. The van der Waals surface area contributed by atoms with Gasteiger partial charge in [-0.2, -0.15) is 0 Å². The minimum absolute atomic E-state index is 0.0574. The molecule has 2 aromatic rings. The number of benzene rings is 2. The van der Waals surface area contributed by atoms with Crippen molar-refractivity contribution >= 4 is 21.6 Å². The number of hydrogen-bond donors (Lipinski definition) is 2. The predicted octanol–water partition coefficient (Wildman–Crippen LogP) is 3.17. The molecule has 134 valence electrons. The van der Waals surface area contributed by atoms with E-state index >= 15 is 0 Å². The Balaban J connectivity index is 1.95. The van der Waals surface area contributed by atoms with Crippen LogP contribution in [0, 0.1) is 13.8 Å². The van der Waals surface area contributed by atoms with Crippen LogP contribution in [0.2, 0.25) is 0 Å². The van der Waals surface area contributed by atoms with E-state index in [0.717, 1.165) is 22.4 Å². The molecule has 0 spiro atoms. The molecule has 0 atom stereocenters. The van der Waals surface area contributed by atoms with Crippen LogP contribution in [-0.2, 0) is 21.2 Å². The Kier molecular flexibility index (Phi) is 6.33. The number of carbonyl (C=O) groups is 1. The van der Waals surface area contributed by atoms with Gasteiger partial charge in [-0.1, -0.05) is 31.2 Å². The van der Waals surface area contributed by atoms with E-state index in [9.17, 15) is 13.2 Å². The summed E-state index contributed by atoms with van der Waals surface area (Å²) in [6.45, 7) is 6.03. The van der Waals surface area contributed by atoms with Gasteiger partial charge in [0.25, 0.3) is 0 Å². The summed E-state index contributed by atoms with van der Waals surface area (Å²) in [6, 6.07) is 12.6. The molecule has 5 nitrogen and oxygen atoms in total. The number of sulfonamides is 1. The molecule has 0 saturated heterocycles. The number of hydrogen-bond acceptors (Lipinski definition) is 3. The molecule has 0 aliphatic carbocycles. The summed E-state index contributed by atoms with van der Waals surface area (Å²) < 4.78 is 26.2. The molecular weight excluding hydrogens is 336 g/mol. The molecule has 0 radical (unpaired) electrons. The van der Waals surface area contributed by atoms with Crippen LogP contribution in [0.3, 0.4) is 0 Å².